The lowest BCUT2D eigenvalue weighted by Crippen LogP contribution is -2.31. The molecule has 0 atom stereocenters. The molecule has 0 aliphatic rings. The molecular formula is C31H32N4O7S. The molecule has 11 nitrogen and oxygen atoms in total. The highest BCUT2D eigenvalue weighted by molar-refractivity contribution is 7.92. The summed E-state index contributed by atoms with van der Waals surface area (Å²) >= 11 is 0. The lowest BCUT2D eigenvalue weighted by molar-refractivity contribution is -0.144. The van der Waals surface area contributed by atoms with Crippen LogP contribution in [-0.2, 0) is 38.0 Å². The van der Waals surface area contributed by atoms with E-state index in [0.29, 0.717) is 11.3 Å². The van der Waals surface area contributed by atoms with Crippen LogP contribution >= 0.6 is 0 Å². The van der Waals surface area contributed by atoms with E-state index >= 15 is 0 Å². The Morgan fingerprint density at radius 3 is 2.26 bits per heavy atom. The minimum Gasteiger partial charge on any atom is -0.460 e. The van der Waals surface area contributed by atoms with Gasteiger partial charge in [-0.15, -0.1) is 0 Å². The number of aryl methyl sites for hydroxylation is 1. The molecule has 4 aromatic rings. The number of carbonyl (C=O) groups is 3. The highest BCUT2D eigenvalue weighted by atomic mass is 32.2. The Morgan fingerprint density at radius 2 is 1.63 bits per heavy atom. The standard InChI is InChI=1S/C31H32N4O7S/c1-31(2,3)30(38)42-23-11-13-24(14-12-23)43(39,40)34-26-15-10-22(27-16-17-33-35(27)4)18-25(26)29(37)32-19-28(36)41-20-21-8-6-5-7-9-21/h5-18,34H,19-20H2,1-4H3,(H,32,37). The Bertz CT molecular complexity index is 1730. The molecule has 0 saturated heterocycles. The van der Waals surface area contributed by atoms with Gasteiger partial charge in [-0.3, -0.25) is 23.8 Å². The zero-order valence-corrected chi connectivity index (χ0v) is 25.0. The lowest BCUT2D eigenvalue weighted by atomic mass is 9.97. The first-order valence-electron chi connectivity index (χ1n) is 13.3. The fourth-order valence-electron chi connectivity index (χ4n) is 3.82. The van der Waals surface area contributed by atoms with E-state index in [9.17, 15) is 22.8 Å². The van der Waals surface area contributed by atoms with Crippen LogP contribution < -0.4 is 14.8 Å². The number of ether oxygens (including phenoxy) is 2. The molecule has 0 unspecified atom stereocenters. The van der Waals surface area contributed by atoms with Gasteiger partial charge in [0.1, 0.15) is 18.9 Å². The van der Waals surface area contributed by atoms with E-state index in [4.69, 9.17) is 9.47 Å². The monoisotopic (exact) mass is 604 g/mol. The van der Waals surface area contributed by atoms with Crippen molar-refractivity contribution in [3.63, 3.8) is 0 Å². The van der Waals surface area contributed by atoms with Gasteiger partial charge in [-0.25, -0.2) is 8.42 Å². The summed E-state index contributed by atoms with van der Waals surface area (Å²) in [7, 11) is -2.43. The molecule has 12 heteroatoms. The molecule has 4 rings (SSSR count). The number of rotatable bonds is 10. The molecule has 1 aromatic heterocycles. The van der Waals surface area contributed by atoms with Crippen molar-refractivity contribution < 1.29 is 32.3 Å². The van der Waals surface area contributed by atoms with E-state index in [1.54, 1.807) is 63.0 Å². The van der Waals surface area contributed by atoms with E-state index in [1.807, 2.05) is 18.2 Å². The number of esters is 2. The molecule has 43 heavy (non-hydrogen) atoms. The first kappa shape index (κ1) is 31.0. The van der Waals surface area contributed by atoms with Gasteiger partial charge in [0.15, 0.2) is 0 Å². The first-order valence-corrected chi connectivity index (χ1v) is 14.8. The van der Waals surface area contributed by atoms with Crippen LogP contribution in [0.1, 0.15) is 36.7 Å². The highest BCUT2D eigenvalue weighted by Crippen LogP contribution is 2.28. The fraction of sp³-hybridized carbons (Fsp3) is 0.226. The molecule has 0 radical (unpaired) electrons. The molecule has 1 heterocycles. The molecule has 2 N–H and O–H groups in total. The number of nitrogens with zero attached hydrogens (tertiary/aromatic N) is 2. The zero-order chi connectivity index (χ0) is 31.2. The summed E-state index contributed by atoms with van der Waals surface area (Å²) in [6, 6.07) is 20.8. The third-order valence-corrected chi connectivity index (χ3v) is 7.60. The maximum Gasteiger partial charge on any atom is 0.325 e. The maximum absolute atomic E-state index is 13.3. The van der Waals surface area contributed by atoms with Crippen molar-refractivity contribution in [1.29, 1.82) is 0 Å². The second-order valence-corrected chi connectivity index (χ2v) is 12.3. The van der Waals surface area contributed by atoms with Crippen molar-refractivity contribution in [3.8, 4) is 17.0 Å². The normalized spacial score (nSPS) is 11.4. The molecule has 0 bridgehead atoms. The van der Waals surface area contributed by atoms with Crippen molar-refractivity contribution in [1.82, 2.24) is 15.1 Å². The molecule has 0 fully saturated rings. The smallest absolute Gasteiger partial charge is 0.325 e. The van der Waals surface area contributed by atoms with E-state index in [0.717, 1.165) is 5.56 Å². The van der Waals surface area contributed by atoms with Gasteiger partial charge in [0.05, 0.1) is 27.3 Å². The van der Waals surface area contributed by atoms with E-state index in [-0.39, 0.29) is 28.5 Å². The summed E-state index contributed by atoms with van der Waals surface area (Å²) in [4.78, 5) is 37.6. The summed E-state index contributed by atoms with van der Waals surface area (Å²) in [5.41, 5.74) is 1.32. The number of benzene rings is 3. The van der Waals surface area contributed by atoms with Crippen molar-refractivity contribution in [2.24, 2.45) is 12.5 Å². The van der Waals surface area contributed by atoms with Crippen LogP contribution in [0.2, 0.25) is 0 Å². The van der Waals surface area contributed by atoms with Gasteiger partial charge in [-0.05, 0) is 68.8 Å². The number of sulfonamides is 1. The molecule has 3 aromatic carbocycles. The van der Waals surface area contributed by atoms with Crippen molar-refractivity contribution in [3.05, 3.63) is 96.2 Å². The van der Waals surface area contributed by atoms with E-state index in [1.165, 1.54) is 36.4 Å². The number of hydrogen-bond acceptors (Lipinski definition) is 8. The topological polar surface area (TPSA) is 146 Å². The van der Waals surface area contributed by atoms with Crippen LogP contribution in [0, 0.1) is 5.41 Å². The Balaban J connectivity index is 1.53. The zero-order valence-electron chi connectivity index (χ0n) is 24.2. The lowest BCUT2D eigenvalue weighted by Gasteiger charge is -2.17. The summed E-state index contributed by atoms with van der Waals surface area (Å²) in [6.45, 7) is 4.74. The van der Waals surface area contributed by atoms with Gasteiger partial charge in [0.2, 0.25) is 0 Å². The quantitative estimate of drug-likeness (QED) is 0.201. The van der Waals surface area contributed by atoms with Gasteiger partial charge >= 0.3 is 11.9 Å². The Labute approximate surface area is 249 Å². The maximum atomic E-state index is 13.3. The predicted octanol–water partition coefficient (Wildman–Crippen LogP) is 4.31. The second kappa shape index (κ2) is 12.9. The summed E-state index contributed by atoms with van der Waals surface area (Å²) in [5.74, 6) is -1.62. The molecule has 0 aliphatic heterocycles. The number of carbonyl (C=O) groups excluding carboxylic acids is 3. The third-order valence-electron chi connectivity index (χ3n) is 6.22. The van der Waals surface area contributed by atoms with Crippen LogP contribution in [-0.4, -0.2) is 42.6 Å². The highest BCUT2D eigenvalue weighted by Gasteiger charge is 2.25. The summed E-state index contributed by atoms with van der Waals surface area (Å²) < 4.78 is 41.2. The van der Waals surface area contributed by atoms with Gasteiger partial charge < -0.3 is 14.8 Å². The van der Waals surface area contributed by atoms with Crippen molar-refractivity contribution in [2.75, 3.05) is 11.3 Å². The average Bonchev–Trinajstić information content (AvgIpc) is 3.41. The summed E-state index contributed by atoms with van der Waals surface area (Å²) in [5, 5.41) is 6.65. The van der Waals surface area contributed by atoms with Crippen molar-refractivity contribution >= 4 is 33.6 Å². The van der Waals surface area contributed by atoms with E-state index in [2.05, 4.69) is 15.1 Å². The molecule has 0 aliphatic carbocycles. The molecule has 0 spiro atoms. The van der Waals surface area contributed by atoms with Crippen LogP contribution in [0.15, 0.2) is 90.0 Å². The average molecular weight is 605 g/mol. The SMILES string of the molecule is Cn1nccc1-c1ccc(NS(=O)(=O)c2ccc(OC(=O)C(C)(C)C)cc2)c(C(=O)NCC(=O)OCc2ccccc2)c1. The molecular weight excluding hydrogens is 572 g/mol. The number of nitrogens with one attached hydrogen (secondary N) is 2. The van der Waals surface area contributed by atoms with Gasteiger partial charge in [0.25, 0.3) is 15.9 Å². The molecule has 0 saturated carbocycles. The Morgan fingerprint density at radius 1 is 0.930 bits per heavy atom. The predicted molar refractivity (Wildman–Crippen MR) is 160 cm³/mol. The Kier molecular flexibility index (Phi) is 9.30. The third kappa shape index (κ3) is 8.07. The van der Waals surface area contributed by atoms with Crippen molar-refractivity contribution in [2.45, 2.75) is 32.3 Å². The fourth-order valence-corrected chi connectivity index (χ4v) is 4.90. The minimum atomic E-state index is -4.17. The van der Waals surface area contributed by atoms with Gasteiger partial charge in [0, 0.05) is 18.8 Å². The molecule has 224 valence electrons. The number of amides is 1. The number of hydrogen-bond donors (Lipinski definition) is 2. The Hall–Kier alpha value is -4.97. The van der Waals surface area contributed by atoms with Crippen LogP contribution in [0.25, 0.3) is 11.3 Å². The first-order chi connectivity index (χ1) is 20.3. The van der Waals surface area contributed by atoms with Gasteiger partial charge in [-0.1, -0.05) is 36.4 Å². The van der Waals surface area contributed by atoms with Crippen LogP contribution in [0.4, 0.5) is 5.69 Å². The van der Waals surface area contributed by atoms with Crippen LogP contribution in [0.5, 0.6) is 5.75 Å². The van der Waals surface area contributed by atoms with Gasteiger partial charge in [-0.2, -0.15) is 5.10 Å². The minimum absolute atomic E-state index is 0.00990. The second-order valence-electron chi connectivity index (χ2n) is 10.6. The number of anilines is 1. The largest absolute Gasteiger partial charge is 0.460 e. The number of aromatic nitrogens is 2. The summed E-state index contributed by atoms with van der Waals surface area (Å²) in [6.07, 6.45) is 1.59. The van der Waals surface area contributed by atoms with E-state index < -0.39 is 39.8 Å². The van der Waals surface area contributed by atoms with Crippen LogP contribution in [0.3, 0.4) is 0 Å². The molecule has 1 amide bonds.